The summed E-state index contributed by atoms with van der Waals surface area (Å²) in [5.74, 6) is -0.848. The fraction of sp³-hybridized carbons (Fsp3) is 0.0476. The molecule has 0 amide bonds. The summed E-state index contributed by atoms with van der Waals surface area (Å²) >= 11 is 6.28. The first kappa shape index (κ1) is 18.1. The van der Waals surface area contributed by atoms with E-state index in [2.05, 4.69) is 15.3 Å². The minimum atomic E-state index is -0.877. The molecule has 4 rings (SSSR count). The minimum absolute atomic E-state index is 0.1000. The first-order valence-electron chi connectivity index (χ1n) is 8.43. The van der Waals surface area contributed by atoms with E-state index >= 15 is 0 Å². The van der Waals surface area contributed by atoms with Gasteiger partial charge >= 0.3 is 0 Å². The Morgan fingerprint density at radius 1 is 0.964 bits per heavy atom. The number of rotatable bonds is 4. The molecule has 0 radical (unpaired) electrons. The van der Waals surface area contributed by atoms with Crippen LogP contribution >= 0.6 is 11.6 Å². The van der Waals surface area contributed by atoms with E-state index in [9.17, 15) is 13.9 Å². The van der Waals surface area contributed by atoms with Gasteiger partial charge in [0.25, 0.3) is 0 Å². The zero-order valence-corrected chi connectivity index (χ0v) is 15.2. The zero-order chi connectivity index (χ0) is 19.7. The van der Waals surface area contributed by atoms with Crippen molar-refractivity contribution in [3.8, 4) is 5.75 Å². The van der Waals surface area contributed by atoms with Crippen molar-refractivity contribution in [1.29, 1.82) is 0 Å². The number of fused-ring (bicyclic) bond motifs is 1. The van der Waals surface area contributed by atoms with Crippen LogP contribution < -0.4 is 5.32 Å². The number of halogens is 3. The Morgan fingerprint density at radius 2 is 1.82 bits per heavy atom. The van der Waals surface area contributed by atoms with Gasteiger partial charge in [0.2, 0.25) is 0 Å². The first-order valence-corrected chi connectivity index (χ1v) is 8.81. The van der Waals surface area contributed by atoms with Crippen molar-refractivity contribution in [1.82, 2.24) is 9.97 Å². The number of anilines is 1. The van der Waals surface area contributed by atoms with E-state index in [0.29, 0.717) is 16.9 Å². The predicted octanol–water partition coefficient (Wildman–Crippen LogP) is 5.47. The molecule has 28 heavy (non-hydrogen) atoms. The Labute approximate surface area is 164 Å². The summed E-state index contributed by atoms with van der Waals surface area (Å²) in [7, 11) is 0. The van der Waals surface area contributed by atoms with E-state index in [-0.39, 0.29) is 16.3 Å². The maximum atomic E-state index is 14.7. The number of phenols is 1. The van der Waals surface area contributed by atoms with Crippen LogP contribution in [0.1, 0.15) is 17.2 Å². The number of hydrogen-bond donors (Lipinski definition) is 2. The van der Waals surface area contributed by atoms with E-state index < -0.39 is 17.7 Å². The van der Waals surface area contributed by atoms with Crippen molar-refractivity contribution >= 4 is 28.3 Å². The molecule has 140 valence electrons. The maximum absolute atomic E-state index is 14.7. The molecule has 0 aliphatic rings. The second-order valence-corrected chi connectivity index (χ2v) is 6.56. The highest BCUT2D eigenvalue weighted by molar-refractivity contribution is 6.31. The third-order valence-electron chi connectivity index (χ3n) is 4.40. The summed E-state index contributed by atoms with van der Waals surface area (Å²) in [6.07, 6.45) is 2.61. The number of nitrogens with zero attached hydrogens (tertiary/aromatic N) is 2. The van der Waals surface area contributed by atoms with Crippen LogP contribution in [0.15, 0.2) is 67.0 Å². The van der Waals surface area contributed by atoms with E-state index in [1.165, 1.54) is 24.3 Å². The molecule has 0 bridgehead atoms. The summed E-state index contributed by atoms with van der Waals surface area (Å²) < 4.78 is 27.9. The Hall–Kier alpha value is -3.25. The molecular formula is C21H14ClF2N3O. The Bertz CT molecular complexity index is 1130. The number of benzene rings is 2. The van der Waals surface area contributed by atoms with E-state index in [1.54, 1.807) is 30.5 Å². The zero-order valence-electron chi connectivity index (χ0n) is 14.4. The highest BCUT2D eigenvalue weighted by atomic mass is 35.5. The minimum Gasteiger partial charge on any atom is -0.505 e. The molecule has 0 fully saturated rings. The fourth-order valence-electron chi connectivity index (χ4n) is 3.08. The van der Waals surface area contributed by atoms with Gasteiger partial charge in [-0.3, -0.25) is 4.98 Å². The van der Waals surface area contributed by atoms with Crippen LogP contribution in [-0.4, -0.2) is 15.1 Å². The molecule has 2 N–H and O–H groups in total. The molecule has 7 heteroatoms. The van der Waals surface area contributed by atoms with E-state index in [1.807, 2.05) is 6.07 Å². The number of aromatic nitrogens is 2. The van der Waals surface area contributed by atoms with Crippen molar-refractivity contribution in [2.75, 3.05) is 5.32 Å². The van der Waals surface area contributed by atoms with Crippen LogP contribution in [0.4, 0.5) is 14.6 Å². The van der Waals surface area contributed by atoms with Gasteiger partial charge in [0.15, 0.2) is 0 Å². The third kappa shape index (κ3) is 3.34. The molecule has 0 aliphatic heterocycles. The molecule has 4 nitrogen and oxygen atoms in total. The Morgan fingerprint density at radius 3 is 2.57 bits per heavy atom. The molecule has 0 saturated heterocycles. The lowest BCUT2D eigenvalue weighted by Crippen LogP contribution is -2.16. The van der Waals surface area contributed by atoms with Gasteiger partial charge in [-0.2, -0.15) is 0 Å². The summed E-state index contributed by atoms with van der Waals surface area (Å²) in [6.45, 7) is 0. The standard InChI is InChI=1S/C21H14ClF2N3O/c22-15-4-1-5-16(24)18(15)20(27-17-9-7-13(23)11-26-17)14-8-6-12-3-2-10-25-19(12)21(14)28/h1-11,20,28H,(H,26,27). The first-order chi connectivity index (χ1) is 13.5. The van der Waals surface area contributed by atoms with Crippen LogP contribution in [0.2, 0.25) is 5.02 Å². The molecular weight excluding hydrogens is 384 g/mol. The monoisotopic (exact) mass is 397 g/mol. The lowest BCUT2D eigenvalue weighted by molar-refractivity contribution is 0.470. The third-order valence-corrected chi connectivity index (χ3v) is 4.73. The van der Waals surface area contributed by atoms with Gasteiger partial charge in [-0.15, -0.1) is 0 Å². The molecule has 2 heterocycles. The molecule has 1 atom stereocenters. The smallest absolute Gasteiger partial charge is 0.147 e. The highest BCUT2D eigenvalue weighted by Crippen LogP contribution is 2.39. The average molecular weight is 398 g/mol. The maximum Gasteiger partial charge on any atom is 0.147 e. The Kier molecular flexibility index (Phi) is 4.79. The molecule has 0 aliphatic carbocycles. The Balaban J connectivity index is 1.90. The van der Waals surface area contributed by atoms with Crippen molar-refractivity contribution in [2.24, 2.45) is 0 Å². The molecule has 0 saturated carbocycles. The fourth-order valence-corrected chi connectivity index (χ4v) is 3.35. The number of hydrogen-bond acceptors (Lipinski definition) is 4. The van der Waals surface area contributed by atoms with Gasteiger partial charge in [0.05, 0.1) is 12.2 Å². The van der Waals surface area contributed by atoms with E-state index in [0.717, 1.165) is 11.6 Å². The van der Waals surface area contributed by atoms with Crippen molar-refractivity contribution in [3.63, 3.8) is 0 Å². The van der Waals surface area contributed by atoms with Gasteiger partial charge in [-0.05, 0) is 30.3 Å². The number of nitrogens with one attached hydrogen (secondary N) is 1. The van der Waals surface area contributed by atoms with Gasteiger partial charge in [0.1, 0.15) is 28.7 Å². The van der Waals surface area contributed by atoms with Crippen LogP contribution in [0.5, 0.6) is 5.75 Å². The quantitative estimate of drug-likeness (QED) is 0.479. The molecule has 4 aromatic rings. The molecule has 2 aromatic carbocycles. The second-order valence-electron chi connectivity index (χ2n) is 6.15. The lowest BCUT2D eigenvalue weighted by atomic mass is 9.95. The van der Waals surface area contributed by atoms with Gasteiger partial charge < -0.3 is 10.4 Å². The second kappa shape index (κ2) is 7.40. The SMILES string of the molecule is Oc1c(C(Nc2ccc(F)cn2)c2c(F)cccc2Cl)ccc2cccnc12. The lowest BCUT2D eigenvalue weighted by Gasteiger charge is -2.23. The summed E-state index contributed by atoms with van der Waals surface area (Å²) in [4.78, 5) is 8.18. The average Bonchev–Trinajstić information content (AvgIpc) is 2.69. The summed E-state index contributed by atoms with van der Waals surface area (Å²) in [5.41, 5.74) is 0.886. The summed E-state index contributed by atoms with van der Waals surface area (Å²) in [5, 5.41) is 14.8. The van der Waals surface area contributed by atoms with Crippen molar-refractivity contribution in [2.45, 2.75) is 6.04 Å². The predicted molar refractivity (Wildman–Crippen MR) is 104 cm³/mol. The van der Waals surface area contributed by atoms with Crippen molar-refractivity contribution < 1.29 is 13.9 Å². The van der Waals surface area contributed by atoms with Gasteiger partial charge in [0, 0.05) is 27.7 Å². The van der Waals surface area contributed by atoms with Crippen LogP contribution in [0.25, 0.3) is 10.9 Å². The normalized spacial score (nSPS) is 12.1. The van der Waals surface area contributed by atoms with E-state index in [4.69, 9.17) is 11.6 Å². The number of pyridine rings is 2. The molecule has 1 unspecified atom stereocenters. The van der Waals surface area contributed by atoms with Crippen LogP contribution in [0.3, 0.4) is 0 Å². The largest absolute Gasteiger partial charge is 0.505 e. The van der Waals surface area contributed by atoms with Crippen molar-refractivity contribution in [3.05, 3.63) is 94.8 Å². The van der Waals surface area contributed by atoms with Gasteiger partial charge in [-0.1, -0.05) is 35.9 Å². The number of aromatic hydroxyl groups is 1. The van der Waals surface area contributed by atoms with Gasteiger partial charge in [-0.25, -0.2) is 13.8 Å². The van der Waals surface area contributed by atoms with Crippen LogP contribution in [0, 0.1) is 11.6 Å². The molecule has 0 spiro atoms. The number of phenolic OH excluding ortho intramolecular Hbond substituents is 1. The van der Waals surface area contributed by atoms with Crippen LogP contribution in [-0.2, 0) is 0 Å². The highest BCUT2D eigenvalue weighted by Gasteiger charge is 2.25. The molecule has 2 aromatic heterocycles. The topological polar surface area (TPSA) is 58.0 Å². The summed E-state index contributed by atoms with van der Waals surface area (Å²) in [6, 6.07) is 13.1.